The van der Waals surface area contributed by atoms with E-state index in [9.17, 15) is 0 Å². The summed E-state index contributed by atoms with van der Waals surface area (Å²) < 4.78 is 11.2. The van der Waals surface area contributed by atoms with Crippen molar-refractivity contribution in [3.8, 4) is 17.1 Å². The molecular weight excluding hydrogens is 468 g/mol. The van der Waals surface area contributed by atoms with Crippen molar-refractivity contribution < 1.29 is 9.26 Å². The number of anilines is 1. The molecule has 2 heterocycles. The number of allylic oxidation sites excluding steroid dienone is 1. The second-order valence-electron chi connectivity index (χ2n) is 8.80. The largest absolute Gasteiger partial charge is 0.497 e. The molecule has 0 aliphatic carbocycles. The number of aromatic nitrogens is 2. The van der Waals surface area contributed by atoms with Crippen LogP contribution >= 0.6 is 12.2 Å². The van der Waals surface area contributed by atoms with Crippen molar-refractivity contribution in [1.82, 2.24) is 15.5 Å². The summed E-state index contributed by atoms with van der Waals surface area (Å²) in [7, 11) is 1.66. The summed E-state index contributed by atoms with van der Waals surface area (Å²) in [5.74, 6) is 1.79. The van der Waals surface area contributed by atoms with Crippen molar-refractivity contribution in [3.63, 3.8) is 0 Å². The van der Waals surface area contributed by atoms with E-state index in [1.807, 2.05) is 67.3 Å². The maximum atomic E-state index is 5.87. The van der Waals surface area contributed by atoms with E-state index in [-0.39, 0.29) is 6.04 Å². The molecule has 0 amide bonds. The van der Waals surface area contributed by atoms with Gasteiger partial charge in [0, 0.05) is 16.9 Å². The predicted octanol–water partition coefficient (Wildman–Crippen LogP) is 6.48. The van der Waals surface area contributed by atoms with Gasteiger partial charge < -0.3 is 14.6 Å². The van der Waals surface area contributed by atoms with E-state index in [0.717, 1.165) is 45.8 Å². The quantitative estimate of drug-likeness (QED) is 0.306. The van der Waals surface area contributed by atoms with Crippen molar-refractivity contribution in [2.45, 2.75) is 33.2 Å². The van der Waals surface area contributed by atoms with Gasteiger partial charge in [0.25, 0.3) is 5.89 Å². The van der Waals surface area contributed by atoms with E-state index in [1.54, 1.807) is 7.11 Å². The topological polar surface area (TPSA) is 63.4 Å². The third-order valence-electron chi connectivity index (χ3n) is 6.47. The van der Waals surface area contributed by atoms with Crippen LogP contribution in [-0.4, -0.2) is 22.4 Å². The average Bonchev–Trinajstić information content (AvgIpc) is 3.39. The fourth-order valence-electron chi connectivity index (χ4n) is 4.49. The Labute approximate surface area is 216 Å². The zero-order valence-corrected chi connectivity index (χ0v) is 21.6. The number of rotatable bonds is 6. The van der Waals surface area contributed by atoms with Crippen molar-refractivity contribution in [1.29, 1.82) is 0 Å². The van der Waals surface area contributed by atoms with Crippen molar-refractivity contribution in [3.05, 3.63) is 101 Å². The van der Waals surface area contributed by atoms with Crippen LogP contribution in [0.15, 0.2) is 83.0 Å². The van der Waals surface area contributed by atoms with Gasteiger partial charge in [-0.15, -0.1) is 0 Å². The Hall–Kier alpha value is -3.97. The Bertz CT molecular complexity index is 1420. The summed E-state index contributed by atoms with van der Waals surface area (Å²) in [5.41, 5.74) is 7.12. The molecule has 1 N–H and O–H groups in total. The van der Waals surface area contributed by atoms with E-state index >= 15 is 0 Å². The number of nitrogens with zero attached hydrogens (tertiary/aromatic N) is 3. The lowest BCUT2D eigenvalue weighted by molar-refractivity contribution is 0.404. The number of aryl methyl sites for hydroxylation is 2. The first-order chi connectivity index (χ1) is 17.5. The zero-order chi connectivity index (χ0) is 25.2. The monoisotopic (exact) mass is 496 g/mol. The molecule has 0 saturated carbocycles. The molecule has 1 aromatic heterocycles. The second-order valence-corrected chi connectivity index (χ2v) is 9.19. The molecule has 1 unspecified atom stereocenters. The van der Waals surface area contributed by atoms with Gasteiger partial charge in [-0.2, -0.15) is 4.98 Å². The van der Waals surface area contributed by atoms with Crippen LogP contribution in [0.3, 0.4) is 0 Å². The van der Waals surface area contributed by atoms with Gasteiger partial charge in [0.2, 0.25) is 5.82 Å². The summed E-state index contributed by atoms with van der Waals surface area (Å²) in [5, 5.41) is 8.44. The highest BCUT2D eigenvalue weighted by molar-refractivity contribution is 7.80. The molecule has 1 atom stereocenters. The van der Waals surface area contributed by atoms with E-state index in [0.29, 0.717) is 16.8 Å². The van der Waals surface area contributed by atoms with Crippen molar-refractivity contribution in [2.75, 3.05) is 12.0 Å². The van der Waals surface area contributed by atoms with Crippen molar-refractivity contribution >= 4 is 28.6 Å². The lowest BCUT2D eigenvalue weighted by Gasteiger charge is -2.37. The predicted molar refractivity (Wildman–Crippen MR) is 147 cm³/mol. The minimum Gasteiger partial charge on any atom is -0.497 e. The van der Waals surface area contributed by atoms with E-state index < -0.39 is 0 Å². The Kier molecular flexibility index (Phi) is 6.57. The zero-order valence-electron chi connectivity index (χ0n) is 20.8. The van der Waals surface area contributed by atoms with Crippen LogP contribution in [-0.2, 0) is 6.42 Å². The SMILES string of the molecule is CCc1ccc(N2C(=S)NC(c3ccc(OC)cc3)C(c3nc(-c4cccc(C)c4)no3)=C2C)cc1. The summed E-state index contributed by atoms with van der Waals surface area (Å²) in [4.78, 5) is 6.84. The summed E-state index contributed by atoms with van der Waals surface area (Å²) in [6.45, 7) is 6.24. The Morgan fingerprint density at radius 2 is 1.78 bits per heavy atom. The Morgan fingerprint density at radius 3 is 2.44 bits per heavy atom. The number of thiocarbonyl (C=S) groups is 1. The molecule has 0 bridgehead atoms. The van der Waals surface area contributed by atoms with Crippen LogP contribution in [0, 0.1) is 6.92 Å². The molecule has 0 saturated heterocycles. The van der Waals surface area contributed by atoms with Gasteiger partial charge in [0.15, 0.2) is 5.11 Å². The maximum absolute atomic E-state index is 5.87. The highest BCUT2D eigenvalue weighted by atomic mass is 32.1. The van der Waals surface area contributed by atoms with Gasteiger partial charge in [-0.3, -0.25) is 4.90 Å². The molecule has 5 rings (SSSR count). The van der Waals surface area contributed by atoms with Gasteiger partial charge >= 0.3 is 0 Å². The number of benzene rings is 3. The molecule has 0 radical (unpaired) electrons. The molecule has 1 aliphatic heterocycles. The Balaban J connectivity index is 1.63. The third kappa shape index (κ3) is 4.50. The first-order valence-corrected chi connectivity index (χ1v) is 12.3. The molecule has 0 fully saturated rings. The summed E-state index contributed by atoms with van der Waals surface area (Å²) in [6, 6.07) is 24.2. The van der Waals surface area contributed by atoms with E-state index in [4.69, 9.17) is 26.5 Å². The van der Waals surface area contributed by atoms with Gasteiger partial charge in [-0.1, -0.05) is 60.1 Å². The molecule has 0 spiro atoms. The van der Waals surface area contributed by atoms with Gasteiger partial charge in [0.1, 0.15) is 5.75 Å². The normalized spacial score (nSPS) is 15.7. The lowest BCUT2D eigenvalue weighted by Crippen LogP contribution is -2.46. The molecule has 4 aromatic rings. The maximum Gasteiger partial charge on any atom is 0.258 e. The second kappa shape index (κ2) is 9.95. The third-order valence-corrected chi connectivity index (χ3v) is 6.77. The molecule has 7 heteroatoms. The number of methoxy groups -OCH3 is 1. The molecule has 1 aliphatic rings. The average molecular weight is 497 g/mol. The fourth-order valence-corrected chi connectivity index (χ4v) is 4.85. The standard InChI is InChI=1S/C29H28N4O2S/c1-5-20-9-13-23(14-10-20)33-19(3)25(26(30-29(33)36)21-11-15-24(34-4)16-12-21)28-31-27(32-35-28)22-8-6-7-18(2)17-22/h6-17,26H,5H2,1-4H3,(H,30,36). The number of ether oxygens (including phenoxy) is 1. The number of hydrogen-bond acceptors (Lipinski definition) is 5. The number of nitrogens with one attached hydrogen (secondary N) is 1. The molecule has 36 heavy (non-hydrogen) atoms. The minimum absolute atomic E-state index is 0.264. The van der Waals surface area contributed by atoms with Crippen LogP contribution in [0.25, 0.3) is 17.0 Å². The highest BCUT2D eigenvalue weighted by Crippen LogP contribution is 2.39. The van der Waals surface area contributed by atoms with Crippen LogP contribution in [0.4, 0.5) is 5.69 Å². The smallest absolute Gasteiger partial charge is 0.258 e. The van der Waals surface area contributed by atoms with Gasteiger partial charge in [-0.05, 0) is 73.9 Å². The van der Waals surface area contributed by atoms with Crippen LogP contribution < -0.4 is 15.0 Å². The van der Waals surface area contributed by atoms with Gasteiger partial charge in [0.05, 0.1) is 18.7 Å². The summed E-state index contributed by atoms with van der Waals surface area (Å²) >= 11 is 5.86. The van der Waals surface area contributed by atoms with Crippen LogP contribution in [0.5, 0.6) is 5.75 Å². The number of hydrogen-bond donors (Lipinski definition) is 1. The van der Waals surface area contributed by atoms with E-state index in [2.05, 4.69) is 41.7 Å². The first-order valence-electron chi connectivity index (χ1n) is 11.9. The van der Waals surface area contributed by atoms with Crippen molar-refractivity contribution in [2.24, 2.45) is 0 Å². The molecule has 3 aromatic carbocycles. The molecule has 182 valence electrons. The minimum atomic E-state index is -0.264. The molecule has 6 nitrogen and oxygen atoms in total. The van der Waals surface area contributed by atoms with Gasteiger partial charge in [-0.25, -0.2) is 0 Å². The highest BCUT2D eigenvalue weighted by Gasteiger charge is 2.34. The van der Waals surface area contributed by atoms with Crippen LogP contribution in [0.1, 0.15) is 42.5 Å². The van der Waals surface area contributed by atoms with E-state index in [1.165, 1.54) is 5.56 Å². The Morgan fingerprint density at radius 1 is 1.03 bits per heavy atom. The lowest BCUT2D eigenvalue weighted by atomic mass is 9.94. The fraction of sp³-hybridized carbons (Fsp3) is 0.207. The summed E-state index contributed by atoms with van der Waals surface area (Å²) in [6.07, 6.45) is 0.978. The molecular formula is C29H28N4O2S. The van der Waals surface area contributed by atoms with Crippen LogP contribution in [0.2, 0.25) is 0 Å². The first kappa shape index (κ1) is 23.8.